The molecule has 1 amide bonds. The van der Waals surface area contributed by atoms with Crippen LogP contribution in [-0.2, 0) is 9.59 Å². The minimum atomic E-state index is -0.752. The molecule has 30 heavy (non-hydrogen) atoms. The van der Waals surface area contributed by atoms with Crippen LogP contribution in [0, 0.1) is 0 Å². The molecule has 1 heterocycles. The van der Waals surface area contributed by atoms with Gasteiger partial charge in [0.25, 0.3) is 5.91 Å². The summed E-state index contributed by atoms with van der Waals surface area (Å²) >= 11 is 0. The normalized spacial score (nSPS) is 18.2. The molecule has 2 aromatic carbocycles. The second-order valence-electron chi connectivity index (χ2n) is 7.41. The first-order chi connectivity index (χ1) is 14.4. The third-order valence-corrected chi connectivity index (χ3v) is 5.14. The second-order valence-corrected chi connectivity index (χ2v) is 7.41. The molecule has 1 aliphatic heterocycles. The number of carbonyl (C=O) groups is 2. The Morgan fingerprint density at radius 1 is 1.03 bits per heavy atom. The Balaban J connectivity index is 2.14. The average Bonchev–Trinajstić information content (AvgIpc) is 3.01. The van der Waals surface area contributed by atoms with Crippen LogP contribution in [0.1, 0.15) is 17.2 Å². The molecular formula is C23H26N2O5. The number of quaternary nitrogens is 1. The third-order valence-electron chi connectivity index (χ3n) is 5.14. The van der Waals surface area contributed by atoms with Crippen molar-refractivity contribution in [3.05, 3.63) is 65.2 Å². The van der Waals surface area contributed by atoms with Gasteiger partial charge in [-0.25, -0.2) is 0 Å². The number of nitrogens with one attached hydrogen (secondary N) is 1. The minimum absolute atomic E-state index is 0.0350. The number of rotatable bonds is 7. The molecule has 7 nitrogen and oxygen atoms in total. The molecule has 0 spiro atoms. The van der Waals surface area contributed by atoms with Crippen LogP contribution >= 0.6 is 0 Å². The molecule has 1 unspecified atom stereocenters. The summed E-state index contributed by atoms with van der Waals surface area (Å²) < 4.78 is 10.5. The van der Waals surface area contributed by atoms with E-state index in [2.05, 4.69) is 0 Å². The lowest BCUT2D eigenvalue weighted by molar-refractivity contribution is -0.857. The van der Waals surface area contributed by atoms with E-state index in [-0.39, 0.29) is 11.1 Å². The summed E-state index contributed by atoms with van der Waals surface area (Å²) in [4.78, 5) is 28.4. The Morgan fingerprint density at radius 2 is 1.70 bits per heavy atom. The predicted molar refractivity (Wildman–Crippen MR) is 110 cm³/mol. The molecule has 0 saturated carbocycles. The summed E-state index contributed by atoms with van der Waals surface area (Å²) in [6.45, 7) is 1.02. The summed E-state index contributed by atoms with van der Waals surface area (Å²) in [7, 11) is 6.92. The first-order valence-corrected chi connectivity index (χ1v) is 9.71. The Bertz CT molecular complexity index is 969. The number of ketones is 1. The molecule has 7 heteroatoms. The fourth-order valence-corrected chi connectivity index (χ4v) is 3.56. The number of hydrogen-bond donors (Lipinski definition) is 1. The van der Waals surface area contributed by atoms with Gasteiger partial charge in [0.05, 0.1) is 47.4 Å². The highest BCUT2D eigenvalue weighted by Crippen LogP contribution is 2.39. The van der Waals surface area contributed by atoms with E-state index in [9.17, 15) is 14.7 Å². The van der Waals surface area contributed by atoms with Crippen molar-refractivity contribution in [2.75, 3.05) is 41.4 Å². The summed E-state index contributed by atoms with van der Waals surface area (Å²) in [5.74, 6) is -1.03. The maximum absolute atomic E-state index is 13.4. The SMILES string of the molecule is COc1ccc(C([O-])=C2C(=O)C(=O)N(CC[NH+](C)C)C2c2ccccc2)cc1OC. The number of methoxy groups -OCH3 is 2. The molecule has 0 bridgehead atoms. The number of benzene rings is 2. The van der Waals surface area contributed by atoms with E-state index < -0.39 is 23.5 Å². The maximum atomic E-state index is 13.4. The average molecular weight is 410 g/mol. The Labute approximate surface area is 176 Å². The first-order valence-electron chi connectivity index (χ1n) is 9.71. The van der Waals surface area contributed by atoms with Gasteiger partial charge in [-0.3, -0.25) is 9.59 Å². The second kappa shape index (κ2) is 9.00. The maximum Gasteiger partial charge on any atom is 0.295 e. The molecule has 0 radical (unpaired) electrons. The zero-order valence-electron chi connectivity index (χ0n) is 17.6. The summed E-state index contributed by atoms with van der Waals surface area (Å²) in [6.07, 6.45) is 0. The topological polar surface area (TPSA) is 83.3 Å². The number of likely N-dealkylation sites (N-methyl/N-ethyl adjacent to an activating group) is 1. The van der Waals surface area contributed by atoms with Gasteiger partial charge in [0, 0.05) is 5.57 Å². The van der Waals surface area contributed by atoms with E-state index in [1.54, 1.807) is 12.1 Å². The van der Waals surface area contributed by atoms with Crippen molar-refractivity contribution in [2.45, 2.75) is 6.04 Å². The highest BCUT2D eigenvalue weighted by Gasteiger charge is 2.44. The van der Waals surface area contributed by atoms with Gasteiger partial charge < -0.3 is 24.4 Å². The highest BCUT2D eigenvalue weighted by atomic mass is 16.5. The smallest absolute Gasteiger partial charge is 0.295 e. The fourth-order valence-electron chi connectivity index (χ4n) is 3.56. The number of hydrogen-bond acceptors (Lipinski definition) is 5. The predicted octanol–water partition coefficient (Wildman–Crippen LogP) is 0.0723. The van der Waals surface area contributed by atoms with E-state index in [1.807, 2.05) is 44.4 Å². The lowest BCUT2D eigenvalue weighted by Crippen LogP contribution is -3.06. The van der Waals surface area contributed by atoms with E-state index in [1.165, 1.54) is 25.2 Å². The van der Waals surface area contributed by atoms with Gasteiger partial charge in [-0.1, -0.05) is 42.2 Å². The lowest BCUT2D eigenvalue weighted by atomic mass is 9.95. The molecule has 1 fully saturated rings. The zero-order valence-corrected chi connectivity index (χ0v) is 17.6. The standard InChI is InChI=1S/C23H26N2O5/c1-24(2)12-13-25-20(15-8-6-5-7-9-15)19(22(27)23(25)28)21(26)16-10-11-17(29-3)18(14-16)30-4/h5-11,14,20,26H,12-13H2,1-4H3. The zero-order chi connectivity index (χ0) is 21.8. The molecule has 3 rings (SSSR count). The lowest BCUT2D eigenvalue weighted by Gasteiger charge is -2.27. The van der Waals surface area contributed by atoms with Crippen molar-refractivity contribution in [3.63, 3.8) is 0 Å². The van der Waals surface area contributed by atoms with Crippen molar-refractivity contribution in [2.24, 2.45) is 0 Å². The van der Waals surface area contributed by atoms with Crippen LogP contribution < -0.4 is 19.5 Å². The number of ether oxygens (including phenoxy) is 2. The van der Waals surface area contributed by atoms with E-state index in [0.717, 1.165) is 10.5 Å². The largest absolute Gasteiger partial charge is 0.872 e. The van der Waals surface area contributed by atoms with Crippen LogP contribution in [0.5, 0.6) is 11.5 Å². The molecule has 1 N–H and O–H groups in total. The van der Waals surface area contributed by atoms with Gasteiger partial charge in [-0.15, -0.1) is 0 Å². The number of nitrogens with zero attached hydrogens (tertiary/aromatic N) is 1. The van der Waals surface area contributed by atoms with Gasteiger partial charge in [0.1, 0.15) is 0 Å². The van der Waals surface area contributed by atoms with Crippen molar-refractivity contribution in [1.29, 1.82) is 0 Å². The quantitative estimate of drug-likeness (QED) is 0.397. The number of Topliss-reactive ketones (excluding diaryl/α,β-unsaturated/α-hetero) is 1. The van der Waals surface area contributed by atoms with Crippen molar-refractivity contribution in [3.8, 4) is 11.5 Å². The summed E-state index contributed by atoms with van der Waals surface area (Å²) in [6, 6.07) is 13.2. The van der Waals surface area contributed by atoms with E-state index in [4.69, 9.17) is 9.47 Å². The summed E-state index contributed by atoms with van der Waals surface area (Å²) in [5.41, 5.74) is 0.964. The summed E-state index contributed by atoms with van der Waals surface area (Å²) in [5, 5.41) is 13.4. The Morgan fingerprint density at radius 3 is 2.30 bits per heavy atom. The van der Waals surface area contributed by atoms with Crippen LogP contribution in [0.2, 0.25) is 0 Å². The molecule has 158 valence electrons. The Kier molecular flexibility index (Phi) is 6.42. The molecule has 1 atom stereocenters. The van der Waals surface area contributed by atoms with Crippen LogP contribution in [0.25, 0.3) is 5.76 Å². The number of likely N-dealkylation sites (tertiary alicyclic amines) is 1. The van der Waals surface area contributed by atoms with Gasteiger partial charge in [-0.05, 0) is 23.3 Å². The first kappa shape index (κ1) is 21.4. The van der Waals surface area contributed by atoms with Crippen molar-refractivity contribution < 1.29 is 29.1 Å². The van der Waals surface area contributed by atoms with Crippen LogP contribution in [-0.4, -0.2) is 58.0 Å². The number of amides is 1. The molecule has 1 saturated heterocycles. The highest BCUT2D eigenvalue weighted by molar-refractivity contribution is 6.46. The molecule has 1 aliphatic rings. The van der Waals surface area contributed by atoms with Crippen LogP contribution in [0.15, 0.2) is 54.1 Å². The third kappa shape index (κ3) is 4.02. The van der Waals surface area contributed by atoms with Gasteiger partial charge in [0.15, 0.2) is 11.5 Å². The van der Waals surface area contributed by atoms with Crippen molar-refractivity contribution >= 4 is 17.4 Å². The molecule has 2 aromatic rings. The van der Waals surface area contributed by atoms with E-state index in [0.29, 0.717) is 24.6 Å². The molecule has 0 aliphatic carbocycles. The Hall–Kier alpha value is -3.32. The fraction of sp³-hybridized carbons (Fsp3) is 0.304. The monoisotopic (exact) mass is 410 g/mol. The van der Waals surface area contributed by atoms with Crippen molar-refractivity contribution in [1.82, 2.24) is 4.90 Å². The van der Waals surface area contributed by atoms with Crippen LogP contribution in [0.3, 0.4) is 0 Å². The van der Waals surface area contributed by atoms with Crippen LogP contribution in [0.4, 0.5) is 0 Å². The molecule has 0 aromatic heterocycles. The van der Waals surface area contributed by atoms with Gasteiger partial charge >= 0.3 is 0 Å². The van der Waals surface area contributed by atoms with E-state index >= 15 is 0 Å². The minimum Gasteiger partial charge on any atom is -0.872 e. The van der Waals surface area contributed by atoms with Gasteiger partial charge in [0.2, 0.25) is 5.78 Å². The number of carbonyl (C=O) groups excluding carboxylic acids is 2. The molecular weight excluding hydrogens is 384 g/mol. The van der Waals surface area contributed by atoms with Gasteiger partial charge in [-0.2, -0.15) is 0 Å².